The fourth-order valence-electron chi connectivity index (χ4n) is 9.24. The average Bonchev–Trinajstić information content (AvgIpc) is 3.26. The zero-order chi connectivity index (χ0) is 44.8. The van der Waals surface area contributed by atoms with Gasteiger partial charge in [-0.3, -0.25) is 4.79 Å². The maximum Gasteiger partial charge on any atom is 0.220 e. The molecule has 1 amide bonds. The van der Waals surface area contributed by atoms with Crippen LogP contribution >= 0.6 is 0 Å². The number of hydrogen-bond donors (Lipinski definition) is 8. The van der Waals surface area contributed by atoms with Gasteiger partial charge in [-0.2, -0.15) is 0 Å². The Kier molecular flexibility index (Phi) is 38.8. The molecule has 1 aliphatic rings. The lowest BCUT2D eigenvalue weighted by atomic mass is 9.82. The van der Waals surface area contributed by atoms with E-state index in [1.165, 1.54) is 193 Å². The number of aliphatic hydroxyl groups excluding tert-OH is 6. The second kappa shape index (κ2) is 40.6. The standard InChI is InChI=1S/C51H102N2O8/c1-4-6-8-10-12-14-16-18-19-20-21-22-23-24-25-26-27-28-30-32-34-36-38-40-44(55)53-42(41-52-45-47(57)48(58)49(59)50(60)51(45)61-3)46(56)43(54)39-37-35-33-31-29-17-15-13-11-9-7-5-2/h42-43,45-52,54,56-60H,4-41H2,1-3H3,(H,53,55)/t42-,43+,45-,46-,47-,48+,49+,50-,51-/m0/s1. The summed E-state index contributed by atoms with van der Waals surface area (Å²) in [6.45, 7) is 4.48. The van der Waals surface area contributed by atoms with Crippen molar-refractivity contribution in [2.45, 2.75) is 306 Å². The molecule has 0 aliphatic heterocycles. The number of rotatable bonds is 44. The number of aliphatic hydroxyl groups is 6. The number of unbranched alkanes of at least 4 members (excludes halogenated alkanes) is 33. The minimum absolute atomic E-state index is 0.0427. The molecule has 0 radical (unpaired) electrons. The van der Waals surface area contributed by atoms with Crippen molar-refractivity contribution in [3.63, 3.8) is 0 Å². The summed E-state index contributed by atoms with van der Waals surface area (Å²) in [4.78, 5) is 13.1. The molecule has 0 aromatic carbocycles. The van der Waals surface area contributed by atoms with Crippen LogP contribution in [-0.4, -0.2) is 105 Å². The zero-order valence-corrected chi connectivity index (χ0v) is 40.1. The first-order chi connectivity index (χ1) is 29.7. The Hall–Kier alpha value is -0.850. The fourth-order valence-corrected chi connectivity index (χ4v) is 9.24. The first-order valence-corrected chi connectivity index (χ1v) is 26.3. The maximum absolute atomic E-state index is 13.1. The number of carbonyl (C=O) groups is 1. The van der Waals surface area contributed by atoms with Crippen molar-refractivity contribution in [2.75, 3.05) is 13.7 Å². The quantitative estimate of drug-likeness (QED) is 0.0278. The number of hydrogen-bond acceptors (Lipinski definition) is 9. The molecule has 61 heavy (non-hydrogen) atoms. The molecule has 10 heteroatoms. The molecule has 1 aliphatic carbocycles. The molecule has 364 valence electrons. The Morgan fingerprint density at radius 2 is 0.803 bits per heavy atom. The molecule has 1 saturated carbocycles. The van der Waals surface area contributed by atoms with E-state index in [0.717, 1.165) is 38.5 Å². The van der Waals surface area contributed by atoms with E-state index in [2.05, 4.69) is 24.5 Å². The summed E-state index contributed by atoms with van der Waals surface area (Å²) < 4.78 is 5.37. The van der Waals surface area contributed by atoms with E-state index in [9.17, 15) is 35.4 Å². The molecule has 0 heterocycles. The van der Waals surface area contributed by atoms with Crippen LogP contribution in [0.1, 0.15) is 251 Å². The van der Waals surface area contributed by atoms with E-state index >= 15 is 0 Å². The summed E-state index contributed by atoms with van der Waals surface area (Å²) in [5.41, 5.74) is 0. The maximum atomic E-state index is 13.1. The normalized spacial score (nSPS) is 22.0. The lowest BCUT2D eigenvalue weighted by Gasteiger charge is -2.44. The number of ether oxygens (including phenoxy) is 1. The van der Waals surface area contributed by atoms with Crippen LogP contribution in [0.4, 0.5) is 0 Å². The highest BCUT2D eigenvalue weighted by atomic mass is 16.5. The monoisotopic (exact) mass is 871 g/mol. The fraction of sp³-hybridized carbons (Fsp3) is 0.980. The molecule has 0 saturated heterocycles. The second-order valence-electron chi connectivity index (χ2n) is 19.0. The molecule has 9 atom stereocenters. The Morgan fingerprint density at radius 1 is 0.475 bits per heavy atom. The third kappa shape index (κ3) is 29.3. The van der Waals surface area contributed by atoms with Gasteiger partial charge in [-0.05, 0) is 12.8 Å². The topological polar surface area (TPSA) is 172 Å². The molecule has 0 unspecified atom stereocenters. The van der Waals surface area contributed by atoms with Crippen molar-refractivity contribution < 1.29 is 40.2 Å². The van der Waals surface area contributed by atoms with E-state index < -0.39 is 54.8 Å². The third-order valence-corrected chi connectivity index (χ3v) is 13.5. The molecule has 0 aromatic rings. The summed E-state index contributed by atoms with van der Waals surface area (Å²) in [6.07, 6.45) is 35.9. The van der Waals surface area contributed by atoms with E-state index in [0.29, 0.717) is 12.8 Å². The predicted molar refractivity (Wildman–Crippen MR) is 253 cm³/mol. The minimum atomic E-state index is -1.60. The zero-order valence-electron chi connectivity index (χ0n) is 40.1. The van der Waals surface area contributed by atoms with Crippen LogP contribution in [-0.2, 0) is 9.53 Å². The van der Waals surface area contributed by atoms with Gasteiger partial charge in [0.25, 0.3) is 0 Å². The molecule has 10 nitrogen and oxygen atoms in total. The number of amides is 1. The van der Waals surface area contributed by atoms with Crippen molar-refractivity contribution >= 4 is 5.91 Å². The van der Waals surface area contributed by atoms with Gasteiger partial charge in [-0.15, -0.1) is 0 Å². The third-order valence-electron chi connectivity index (χ3n) is 13.5. The predicted octanol–water partition coefficient (Wildman–Crippen LogP) is 10.1. The summed E-state index contributed by atoms with van der Waals surface area (Å²) >= 11 is 0. The molecule has 1 rings (SSSR count). The van der Waals surface area contributed by atoms with Crippen LogP contribution in [0.5, 0.6) is 0 Å². The van der Waals surface area contributed by atoms with Gasteiger partial charge < -0.3 is 46.0 Å². The number of carbonyl (C=O) groups excluding carboxylic acids is 1. The van der Waals surface area contributed by atoms with Crippen LogP contribution in [0.15, 0.2) is 0 Å². The largest absolute Gasteiger partial charge is 0.390 e. The van der Waals surface area contributed by atoms with Gasteiger partial charge >= 0.3 is 0 Å². The van der Waals surface area contributed by atoms with E-state index in [4.69, 9.17) is 4.74 Å². The summed E-state index contributed by atoms with van der Waals surface area (Å²) in [7, 11) is 1.34. The van der Waals surface area contributed by atoms with Crippen molar-refractivity contribution in [2.24, 2.45) is 0 Å². The molecule has 1 fully saturated rings. The first-order valence-electron chi connectivity index (χ1n) is 26.3. The molecule has 8 N–H and O–H groups in total. The summed E-state index contributed by atoms with van der Waals surface area (Å²) in [6, 6.07) is -1.86. The molecular weight excluding hydrogens is 769 g/mol. The highest BCUT2D eigenvalue weighted by Crippen LogP contribution is 2.24. The number of nitrogens with one attached hydrogen (secondary N) is 2. The SMILES string of the molecule is CCCCCCCCCCCCCCCCCCCCCCCCCC(=O)N[C@@H](CN[C@H]1[C@H](O)[C@@H](O)[C@@H](O)[C@H](O)[C@H]1OC)[C@H](O)[C@H](O)CCCCCCCCCCCCCC. The van der Waals surface area contributed by atoms with Crippen LogP contribution in [0, 0.1) is 0 Å². The Balaban J connectivity index is 2.31. The van der Waals surface area contributed by atoms with Gasteiger partial charge in [0.05, 0.1) is 18.2 Å². The van der Waals surface area contributed by atoms with Crippen LogP contribution < -0.4 is 10.6 Å². The van der Waals surface area contributed by atoms with Gasteiger partial charge in [0, 0.05) is 20.1 Å². The van der Waals surface area contributed by atoms with Gasteiger partial charge in [0.1, 0.15) is 36.6 Å². The van der Waals surface area contributed by atoms with Gasteiger partial charge in [0.2, 0.25) is 5.91 Å². The first kappa shape index (κ1) is 58.2. The van der Waals surface area contributed by atoms with Gasteiger partial charge in [0.15, 0.2) is 0 Å². The van der Waals surface area contributed by atoms with Crippen molar-refractivity contribution in [3.05, 3.63) is 0 Å². The average molecular weight is 871 g/mol. The van der Waals surface area contributed by atoms with Gasteiger partial charge in [-0.25, -0.2) is 0 Å². The lowest BCUT2D eigenvalue weighted by molar-refractivity contribution is -0.197. The van der Waals surface area contributed by atoms with E-state index in [1.807, 2.05) is 0 Å². The number of methoxy groups -OCH3 is 1. The summed E-state index contributed by atoms with van der Waals surface area (Å²) in [5, 5.41) is 70.0. The minimum Gasteiger partial charge on any atom is -0.390 e. The highest BCUT2D eigenvalue weighted by Gasteiger charge is 2.49. The van der Waals surface area contributed by atoms with Crippen molar-refractivity contribution in [1.82, 2.24) is 10.6 Å². The smallest absolute Gasteiger partial charge is 0.220 e. The molecule has 0 aromatic heterocycles. The molecular formula is C51H102N2O8. The molecule has 0 bridgehead atoms. The summed E-state index contributed by atoms with van der Waals surface area (Å²) in [5.74, 6) is -0.213. The van der Waals surface area contributed by atoms with Crippen molar-refractivity contribution in [3.8, 4) is 0 Å². The lowest BCUT2D eigenvalue weighted by Crippen LogP contribution is -2.69. The van der Waals surface area contributed by atoms with Crippen LogP contribution in [0.2, 0.25) is 0 Å². The second-order valence-corrected chi connectivity index (χ2v) is 19.0. The highest BCUT2D eigenvalue weighted by molar-refractivity contribution is 5.76. The molecule has 0 spiro atoms. The van der Waals surface area contributed by atoms with Crippen LogP contribution in [0.25, 0.3) is 0 Å². The Bertz CT molecular complexity index is 961. The van der Waals surface area contributed by atoms with Crippen LogP contribution in [0.3, 0.4) is 0 Å². The Labute approximate surface area is 375 Å². The van der Waals surface area contributed by atoms with Gasteiger partial charge in [-0.1, -0.05) is 232 Å². The van der Waals surface area contributed by atoms with Crippen molar-refractivity contribution in [1.29, 1.82) is 0 Å². The van der Waals surface area contributed by atoms with E-state index in [-0.39, 0.29) is 12.5 Å². The Morgan fingerprint density at radius 3 is 1.16 bits per heavy atom. The van der Waals surface area contributed by atoms with E-state index in [1.54, 1.807) is 0 Å².